The molecule has 2 rings (SSSR count). The first-order chi connectivity index (χ1) is 8.11. The van der Waals surface area contributed by atoms with E-state index >= 15 is 0 Å². The maximum atomic E-state index is 7.61. The van der Waals surface area contributed by atoms with Gasteiger partial charge in [-0.3, -0.25) is 0 Å². The van der Waals surface area contributed by atoms with Gasteiger partial charge in [0, 0.05) is 11.9 Å². The number of aryl methyl sites for hydroxylation is 1. The average Bonchev–Trinajstić information content (AvgIpc) is 2.74. The normalized spacial score (nSPS) is 10.3. The topological polar surface area (TPSA) is 50.9 Å². The first kappa shape index (κ1) is 11.4. The first-order valence-electron chi connectivity index (χ1n) is 5.36. The molecule has 0 bridgehead atoms. The van der Waals surface area contributed by atoms with Crippen LogP contribution in [0.4, 0.5) is 0 Å². The smallest absolute Gasteiger partial charge is 0.143 e. The molecule has 17 heavy (non-hydrogen) atoms. The van der Waals surface area contributed by atoms with E-state index < -0.39 is 0 Å². The summed E-state index contributed by atoms with van der Waals surface area (Å²) < 4.78 is 7.27. The number of ether oxygens (including phenoxy) is 1. The van der Waals surface area contributed by atoms with Crippen molar-refractivity contribution in [2.45, 2.75) is 13.8 Å². The molecule has 0 spiro atoms. The highest BCUT2D eigenvalue weighted by Gasteiger charge is 2.07. The summed E-state index contributed by atoms with van der Waals surface area (Å²) in [5.41, 5.74) is 3.27. The Bertz CT molecular complexity index is 558. The van der Waals surface area contributed by atoms with Crippen LogP contribution >= 0.6 is 0 Å². The molecule has 0 radical (unpaired) electrons. The fraction of sp³-hybridized carbons (Fsp3) is 0.231. The lowest BCUT2D eigenvalue weighted by Crippen LogP contribution is -1.99. The molecule has 0 aliphatic rings. The van der Waals surface area contributed by atoms with E-state index in [4.69, 9.17) is 10.1 Å². The molecule has 4 heteroatoms. The monoisotopic (exact) mass is 229 g/mol. The lowest BCUT2D eigenvalue weighted by atomic mass is 10.1. The summed E-state index contributed by atoms with van der Waals surface area (Å²) >= 11 is 0. The fourth-order valence-electron chi connectivity index (χ4n) is 1.68. The highest BCUT2D eigenvalue weighted by molar-refractivity contribution is 5.96. The molecule has 0 atom stereocenters. The quantitative estimate of drug-likeness (QED) is 0.822. The molecule has 0 fully saturated rings. The van der Waals surface area contributed by atoms with Gasteiger partial charge in [-0.05, 0) is 31.5 Å². The molecule has 2 aromatic rings. The molecule has 0 aliphatic carbocycles. The Hall–Kier alpha value is -2.10. The van der Waals surface area contributed by atoms with Gasteiger partial charge >= 0.3 is 0 Å². The van der Waals surface area contributed by atoms with E-state index in [9.17, 15) is 0 Å². The molecule has 4 nitrogen and oxygen atoms in total. The summed E-state index contributed by atoms with van der Waals surface area (Å²) in [5.74, 6) is 0.742. The van der Waals surface area contributed by atoms with Crippen LogP contribution in [-0.2, 0) is 0 Å². The van der Waals surface area contributed by atoms with Crippen LogP contribution < -0.4 is 4.74 Å². The number of aromatic nitrogens is 2. The predicted octanol–water partition coefficient (Wildman–Crippen LogP) is 2.58. The Morgan fingerprint density at radius 2 is 2.18 bits per heavy atom. The number of nitrogens with zero attached hydrogens (tertiary/aromatic N) is 2. The van der Waals surface area contributed by atoms with E-state index in [2.05, 4.69) is 4.98 Å². The van der Waals surface area contributed by atoms with Gasteiger partial charge in [0.1, 0.15) is 5.75 Å². The van der Waals surface area contributed by atoms with Crippen LogP contribution in [0, 0.1) is 12.3 Å². The fourth-order valence-corrected chi connectivity index (χ4v) is 1.68. The second-order valence-electron chi connectivity index (χ2n) is 3.93. The minimum absolute atomic E-state index is 0.525. The van der Waals surface area contributed by atoms with Gasteiger partial charge < -0.3 is 14.7 Å². The number of hydrogen-bond donors (Lipinski definition) is 1. The molecule has 0 saturated heterocycles. The average molecular weight is 229 g/mol. The number of methoxy groups -OCH3 is 1. The van der Waals surface area contributed by atoms with Crippen molar-refractivity contribution < 1.29 is 4.74 Å². The summed E-state index contributed by atoms with van der Waals surface area (Å²) in [6.45, 7) is 3.70. The number of hydrogen-bond acceptors (Lipinski definition) is 3. The third kappa shape index (κ3) is 2.20. The zero-order valence-electron chi connectivity index (χ0n) is 10.2. The third-order valence-electron chi connectivity index (χ3n) is 2.60. The number of imidazole rings is 1. The maximum Gasteiger partial charge on any atom is 0.143 e. The molecule has 0 amide bonds. The van der Waals surface area contributed by atoms with Crippen molar-refractivity contribution in [1.29, 1.82) is 5.41 Å². The van der Waals surface area contributed by atoms with Crippen molar-refractivity contribution in [2.24, 2.45) is 0 Å². The minimum Gasteiger partial charge on any atom is -0.495 e. The number of benzene rings is 1. The molecule has 1 heterocycles. The van der Waals surface area contributed by atoms with Crippen LogP contribution in [0.5, 0.6) is 5.75 Å². The summed E-state index contributed by atoms with van der Waals surface area (Å²) in [7, 11) is 1.63. The van der Waals surface area contributed by atoms with Crippen molar-refractivity contribution in [3.8, 4) is 11.4 Å². The van der Waals surface area contributed by atoms with Gasteiger partial charge in [-0.2, -0.15) is 0 Å². The highest BCUT2D eigenvalue weighted by atomic mass is 16.5. The van der Waals surface area contributed by atoms with Crippen molar-refractivity contribution >= 4 is 5.71 Å². The van der Waals surface area contributed by atoms with Crippen molar-refractivity contribution in [1.82, 2.24) is 9.55 Å². The van der Waals surface area contributed by atoms with Gasteiger partial charge in [-0.15, -0.1) is 0 Å². The molecule has 0 saturated carbocycles. The highest BCUT2D eigenvalue weighted by Crippen LogP contribution is 2.24. The Kier molecular flexibility index (Phi) is 2.95. The molecule has 0 unspecified atom stereocenters. The largest absolute Gasteiger partial charge is 0.495 e. The maximum absolute atomic E-state index is 7.61. The lowest BCUT2D eigenvalue weighted by molar-refractivity contribution is 0.413. The van der Waals surface area contributed by atoms with E-state index in [1.807, 2.05) is 35.9 Å². The van der Waals surface area contributed by atoms with Crippen LogP contribution in [0.25, 0.3) is 5.69 Å². The number of nitrogens with one attached hydrogen (secondary N) is 1. The van der Waals surface area contributed by atoms with Gasteiger partial charge in [0.05, 0.1) is 24.8 Å². The van der Waals surface area contributed by atoms with Crippen molar-refractivity contribution in [3.05, 3.63) is 42.0 Å². The van der Waals surface area contributed by atoms with Crippen LogP contribution in [0.2, 0.25) is 0 Å². The molecular weight excluding hydrogens is 214 g/mol. The zero-order chi connectivity index (χ0) is 12.4. The summed E-state index contributed by atoms with van der Waals surface area (Å²) in [6, 6.07) is 5.72. The molecule has 1 aromatic carbocycles. The van der Waals surface area contributed by atoms with Gasteiger partial charge in [0.2, 0.25) is 0 Å². The standard InChI is InChI=1S/C13H15N3O/c1-9-7-16(8-15-9)12-5-4-11(10(2)14)6-13(12)17-3/h4-8,14H,1-3H3. The van der Waals surface area contributed by atoms with Crippen LogP contribution in [0.15, 0.2) is 30.7 Å². The molecule has 88 valence electrons. The van der Waals surface area contributed by atoms with E-state index in [1.54, 1.807) is 20.4 Å². The second-order valence-corrected chi connectivity index (χ2v) is 3.93. The van der Waals surface area contributed by atoms with Gasteiger partial charge in [-0.1, -0.05) is 6.07 Å². The first-order valence-corrected chi connectivity index (χ1v) is 5.36. The van der Waals surface area contributed by atoms with Crippen molar-refractivity contribution in [3.63, 3.8) is 0 Å². The van der Waals surface area contributed by atoms with Gasteiger partial charge in [0.25, 0.3) is 0 Å². The summed E-state index contributed by atoms with van der Waals surface area (Å²) in [5, 5.41) is 7.61. The molecule has 0 aliphatic heterocycles. The lowest BCUT2D eigenvalue weighted by Gasteiger charge is -2.10. The second kappa shape index (κ2) is 4.41. The van der Waals surface area contributed by atoms with E-state index in [1.165, 1.54) is 0 Å². The third-order valence-corrected chi connectivity index (χ3v) is 2.60. The van der Waals surface area contributed by atoms with Gasteiger partial charge in [0.15, 0.2) is 0 Å². The SMILES string of the molecule is COc1cc(C(C)=N)ccc1-n1cnc(C)c1. The Labute approximate surface area is 100 Å². The molecular formula is C13H15N3O. The van der Waals surface area contributed by atoms with Crippen LogP contribution in [0.3, 0.4) is 0 Å². The van der Waals surface area contributed by atoms with Crippen molar-refractivity contribution in [2.75, 3.05) is 7.11 Å². The minimum atomic E-state index is 0.525. The summed E-state index contributed by atoms with van der Waals surface area (Å²) in [6.07, 6.45) is 3.69. The zero-order valence-corrected chi connectivity index (χ0v) is 10.2. The van der Waals surface area contributed by atoms with E-state index in [0.717, 1.165) is 22.7 Å². The number of rotatable bonds is 3. The van der Waals surface area contributed by atoms with Crippen LogP contribution in [0.1, 0.15) is 18.2 Å². The van der Waals surface area contributed by atoms with E-state index in [0.29, 0.717) is 5.71 Å². The molecule has 1 N–H and O–H groups in total. The van der Waals surface area contributed by atoms with Crippen LogP contribution in [-0.4, -0.2) is 22.4 Å². The molecule has 1 aromatic heterocycles. The van der Waals surface area contributed by atoms with Gasteiger partial charge in [-0.25, -0.2) is 4.98 Å². The van der Waals surface area contributed by atoms with E-state index in [-0.39, 0.29) is 0 Å². The Morgan fingerprint density at radius 3 is 2.71 bits per heavy atom. The summed E-state index contributed by atoms with van der Waals surface area (Å²) in [4.78, 5) is 4.19. The Morgan fingerprint density at radius 1 is 1.41 bits per heavy atom. The predicted molar refractivity (Wildman–Crippen MR) is 67.4 cm³/mol. The Balaban J connectivity index is 2.51.